The molecule has 0 spiro atoms. The number of benzene rings is 1. The highest BCUT2D eigenvalue weighted by Gasteiger charge is 2.03. The van der Waals surface area contributed by atoms with Gasteiger partial charge in [-0.1, -0.05) is 36.4 Å². The Bertz CT molecular complexity index is 341. The summed E-state index contributed by atoms with van der Waals surface area (Å²) in [5, 5.41) is -0.966. The summed E-state index contributed by atoms with van der Waals surface area (Å²) in [6.45, 7) is 0. The first-order chi connectivity index (χ1) is 6.20. The lowest BCUT2D eigenvalue weighted by Crippen LogP contribution is -2.01. The third kappa shape index (κ3) is 3.22. The highest BCUT2D eigenvalue weighted by Crippen LogP contribution is 2.01. The molecule has 13 heavy (non-hydrogen) atoms. The van der Waals surface area contributed by atoms with Crippen molar-refractivity contribution in [2.75, 3.05) is 0 Å². The van der Waals surface area contributed by atoms with Crippen molar-refractivity contribution >= 4 is 28.7 Å². The molecule has 0 aromatic heterocycles. The van der Waals surface area contributed by atoms with Crippen molar-refractivity contribution < 1.29 is 9.59 Å². The molecule has 1 aromatic rings. The molecule has 0 radical (unpaired) electrons. The summed E-state index contributed by atoms with van der Waals surface area (Å²) < 4.78 is 0. The maximum atomic E-state index is 10.7. The van der Waals surface area contributed by atoms with Crippen molar-refractivity contribution in [2.45, 2.75) is 0 Å². The van der Waals surface area contributed by atoms with E-state index in [1.165, 1.54) is 0 Å². The Kier molecular flexibility index (Phi) is 3.41. The van der Waals surface area contributed by atoms with Crippen LogP contribution in [0.25, 0.3) is 6.08 Å². The molecule has 0 unspecified atom stereocenters. The number of hydrogen-bond donors (Lipinski definition) is 0. The van der Waals surface area contributed by atoms with E-state index in [-0.39, 0.29) is 0 Å². The Morgan fingerprint density at radius 3 is 2.31 bits per heavy atom. The topological polar surface area (TPSA) is 34.1 Å². The van der Waals surface area contributed by atoms with Crippen molar-refractivity contribution in [1.82, 2.24) is 0 Å². The van der Waals surface area contributed by atoms with Gasteiger partial charge in [0.25, 0.3) is 5.24 Å². The molecule has 2 nitrogen and oxygen atoms in total. The van der Waals surface area contributed by atoms with E-state index in [1.807, 2.05) is 30.3 Å². The first-order valence-corrected chi connectivity index (χ1v) is 4.05. The molecule has 66 valence electrons. The van der Waals surface area contributed by atoms with Gasteiger partial charge in [-0.3, -0.25) is 9.59 Å². The molecular formula is C10H7ClO2. The van der Waals surface area contributed by atoms with Crippen LogP contribution in [0, 0.1) is 0 Å². The Morgan fingerprint density at radius 1 is 1.15 bits per heavy atom. The zero-order valence-electron chi connectivity index (χ0n) is 6.74. The molecule has 1 aromatic carbocycles. The lowest BCUT2D eigenvalue weighted by Gasteiger charge is -1.89. The van der Waals surface area contributed by atoms with Crippen molar-refractivity contribution in [3.8, 4) is 0 Å². The van der Waals surface area contributed by atoms with Crippen LogP contribution in [0.3, 0.4) is 0 Å². The molecule has 0 N–H and O–H groups in total. The molecule has 0 fully saturated rings. The fourth-order valence-corrected chi connectivity index (χ4v) is 0.865. The Labute approximate surface area is 80.8 Å². The second-order valence-corrected chi connectivity index (χ2v) is 2.73. The second kappa shape index (κ2) is 4.58. The van der Waals surface area contributed by atoms with Gasteiger partial charge in [0, 0.05) is 0 Å². The fraction of sp³-hybridized carbons (Fsp3) is 0. The largest absolute Gasteiger partial charge is 0.292 e. The van der Waals surface area contributed by atoms with E-state index < -0.39 is 11.0 Å². The van der Waals surface area contributed by atoms with Crippen molar-refractivity contribution in [1.29, 1.82) is 0 Å². The first kappa shape index (κ1) is 9.68. The van der Waals surface area contributed by atoms with E-state index in [1.54, 1.807) is 6.08 Å². The second-order valence-electron chi connectivity index (χ2n) is 2.38. The Hall–Kier alpha value is -1.41. The highest BCUT2D eigenvalue weighted by atomic mass is 35.5. The van der Waals surface area contributed by atoms with Gasteiger partial charge < -0.3 is 0 Å². The first-order valence-electron chi connectivity index (χ1n) is 3.67. The number of hydrogen-bond acceptors (Lipinski definition) is 2. The van der Waals surface area contributed by atoms with Crippen LogP contribution in [0.15, 0.2) is 36.4 Å². The maximum Gasteiger partial charge on any atom is 0.292 e. The molecule has 0 aliphatic rings. The summed E-state index contributed by atoms with van der Waals surface area (Å²) in [6, 6.07) is 9.19. The summed E-state index contributed by atoms with van der Waals surface area (Å²) in [5.41, 5.74) is 0.855. The molecular weight excluding hydrogens is 188 g/mol. The summed E-state index contributed by atoms with van der Waals surface area (Å²) in [7, 11) is 0. The maximum absolute atomic E-state index is 10.7. The van der Waals surface area contributed by atoms with E-state index in [9.17, 15) is 9.59 Å². The average molecular weight is 195 g/mol. The zero-order valence-corrected chi connectivity index (χ0v) is 7.49. The third-order valence-electron chi connectivity index (χ3n) is 1.42. The molecule has 1 rings (SSSR count). The van der Waals surface area contributed by atoms with E-state index >= 15 is 0 Å². The Balaban J connectivity index is 2.70. The van der Waals surface area contributed by atoms with Gasteiger partial charge in [0.15, 0.2) is 0 Å². The molecule has 0 aliphatic heterocycles. The van der Waals surface area contributed by atoms with Crippen molar-refractivity contribution in [2.24, 2.45) is 0 Å². The molecule has 0 saturated heterocycles. The SMILES string of the molecule is O=C(Cl)C(=O)/C=C/c1ccccc1. The third-order valence-corrected chi connectivity index (χ3v) is 1.61. The van der Waals surface area contributed by atoms with E-state index in [4.69, 9.17) is 11.6 Å². The average Bonchev–Trinajstić information content (AvgIpc) is 2.15. The van der Waals surface area contributed by atoms with Crippen LogP contribution in [0.5, 0.6) is 0 Å². The van der Waals surface area contributed by atoms with Gasteiger partial charge in [-0.2, -0.15) is 0 Å². The van der Waals surface area contributed by atoms with Crippen LogP contribution < -0.4 is 0 Å². The van der Waals surface area contributed by atoms with Crippen LogP contribution in [0.1, 0.15) is 5.56 Å². The van der Waals surface area contributed by atoms with Crippen LogP contribution in [-0.2, 0) is 9.59 Å². The molecule has 0 bridgehead atoms. The summed E-state index contributed by atoms with van der Waals surface area (Å²) >= 11 is 4.95. The highest BCUT2D eigenvalue weighted by molar-refractivity contribution is 6.82. The van der Waals surface area contributed by atoms with Gasteiger partial charge in [-0.15, -0.1) is 0 Å². The standard InChI is InChI=1S/C10H7ClO2/c11-10(13)9(12)7-6-8-4-2-1-3-5-8/h1-7H/b7-6+. The number of allylic oxidation sites excluding steroid dienone is 1. The molecule has 0 aliphatic carbocycles. The van der Waals surface area contributed by atoms with Crippen LogP contribution in [0.2, 0.25) is 0 Å². The smallest absolute Gasteiger partial charge is 0.285 e. The number of halogens is 1. The van der Waals surface area contributed by atoms with Gasteiger partial charge in [0.2, 0.25) is 5.78 Å². The van der Waals surface area contributed by atoms with E-state index in [0.29, 0.717) is 0 Å². The number of ketones is 1. The van der Waals surface area contributed by atoms with Crippen LogP contribution in [-0.4, -0.2) is 11.0 Å². The van der Waals surface area contributed by atoms with Gasteiger partial charge in [0.1, 0.15) is 0 Å². The van der Waals surface area contributed by atoms with Gasteiger partial charge in [0.05, 0.1) is 0 Å². The molecule has 0 saturated carbocycles. The molecule has 0 heterocycles. The van der Waals surface area contributed by atoms with E-state index in [0.717, 1.165) is 11.6 Å². The summed E-state index contributed by atoms with van der Waals surface area (Å²) in [4.78, 5) is 21.1. The monoisotopic (exact) mass is 194 g/mol. The summed E-state index contributed by atoms with van der Waals surface area (Å²) in [6.07, 6.45) is 2.70. The minimum absolute atomic E-state index is 0.703. The predicted octanol–water partition coefficient (Wildman–Crippen LogP) is 2.03. The zero-order chi connectivity index (χ0) is 9.68. The Morgan fingerprint density at radius 2 is 1.77 bits per heavy atom. The normalized spacial score (nSPS) is 10.2. The van der Waals surface area contributed by atoms with Gasteiger partial charge in [-0.25, -0.2) is 0 Å². The minimum Gasteiger partial charge on any atom is -0.285 e. The van der Waals surface area contributed by atoms with Crippen molar-refractivity contribution in [3.05, 3.63) is 42.0 Å². The molecule has 0 atom stereocenters. The lowest BCUT2D eigenvalue weighted by molar-refractivity contribution is -0.129. The quantitative estimate of drug-likeness (QED) is 0.419. The molecule has 0 amide bonds. The van der Waals surface area contributed by atoms with Gasteiger partial charge >= 0.3 is 0 Å². The van der Waals surface area contributed by atoms with Crippen LogP contribution in [0.4, 0.5) is 0 Å². The fourth-order valence-electron chi connectivity index (χ4n) is 0.802. The predicted molar refractivity (Wildman–Crippen MR) is 51.3 cm³/mol. The lowest BCUT2D eigenvalue weighted by atomic mass is 10.2. The number of carbonyl (C=O) groups is 2. The van der Waals surface area contributed by atoms with Crippen molar-refractivity contribution in [3.63, 3.8) is 0 Å². The summed E-state index contributed by atoms with van der Waals surface area (Å²) in [5.74, 6) is -0.703. The number of carbonyl (C=O) groups excluding carboxylic acids is 2. The van der Waals surface area contributed by atoms with Crippen LogP contribution >= 0.6 is 11.6 Å². The van der Waals surface area contributed by atoms with Gasteiger partial charge in [-0.05, 0) is 23.2 Å². The molecule has 3 heteroatoms. The number of rotatable bonds is 3. The minimum atomic E-state index is -0.966. The van der Waals surface area contributed by atoms with E-state index in [2.05, 4.69) is 0 Å².